The predicted octanol–water partition coefficient (Wildman–Crippen LogP) is -3.65. The average Bonchev–Trinajstić information content (AvgIpc) is 0.667. The largest absolute Gasteiger partial charge is 0.461 e. The number of methoxy groups -OCH3 is 1. The Morgan fingerprint density at radius 2 is 0.956 bits per heavy atom. The number of aliphatic hydroxyl groups excluding tert-OH is 21. The number of unbranched alkanes of at least 4 members (excludes halogenated alkanes) is 7. The molecular weight excluding hydrogens is 1810 g/mol. The summed E-state index contributed by atoms with van der Waals surface area (Å²) in [5.74, 6) is -3.34. The quantitative estimate of drug-likeness (QED) is 0.0140. The molecule has 0 radical (unpaired) electrons. The molecule has 14 rings (SSSR count). The first kappa shape index (κ1) is 109. The maximum atomic E-state index is 16.2. The Hall–Kier alpha value is -4.11. The third kappa shape index (κ3) is 21.6. The molecule has 22 N–H and O–H groups in total. The van der Waals surface area contributed by atoms with Crippen molar-refractivity contribution in [3.05, 3.63) is 47.5 Å². The van der Waals surface area contributed by atoms with Crippen molar-refractivity contribution in [2.45, 2.75) is 436 Å². The van der Waals surface area contributed by atoms with Crippen LogP contribution in [-0.4, -0.2) is 416 Å². The number of hydrogen-bond donors (Lipinski definition) is 22. The Morgan fingerprint density at radius 3 is 1.58 bits per heavy atom. The molecule has 1 amide bonds. The number of amides is 1. The number of carbonyl (C=O) groups excluding carboxylic acids is 3. The van der Waals surface area contributed by atoms with Gasteiger partial charge in [-0.2, -0.15) is 0 Å². The number of carbonyl (C=O) groups is 3. The minimum Gasteiger partial charge on any atom is -0.461 e. The van der Waals surface area contributed by atoms with Crippen LogP contribution in [-0.2, 0) is 106 Å². The number of allylic oxidation sites excluding steroid dienone is 2. The molecule has 0 aromatic heterocycles. The van der Waals surface area contributed by atoms with Gasteiger partial charge >= 0.3 is 11.9 Å². The molecule has 13 aliphatic rings. The van der Waals surface area contributed by atoms with Gasteiger partial charge in [-0.3, -0.25) is 14.4 Å². The lowest BCUT2D eigenvalue weighted by Crippen LogP contribution is -2.71. The fraction of sp³-hybridized carbons (Fsp3) is 0.883. The second-order valence-electron chi connectivity index (χ2n) is 41.9. The van der Waals surface area contributed by atoms with Gasteiger partial charge in [0, 0.05) is 20.1 Å². The third-order valence-electron chi connectivity index (χ3n) is 32.9. The Kier molecular flexibility index (Phi) is 35.4. The zero-order valence-corrected chi connectivity index (χ0v) is 79.2. The summed E-state index contributed by atoms with van der Waals surface area (Å²) in [6.07, 6.45) is -60.7. The van der Waals surface area contributed by atoms with E-state index in [0.717, 1.165) is 43.2 Å². The lowest BCUT2D eigenvalue weighted by molar-refractivity contribution is -0.399. The number of hydrogen-bond acceptors (Lipinski definition) is 42. The summed E-state index contributed by atoms with van der Waals surface area (Å²) < 4.78 is 112. The highest BCUT2D eigenvalue weighted by atomic mass is 16.8. The van der Waals surface area contributed by atoms with Gasteiger partial charge in [0.05, 0.1) is 62.5 Å². The van der Waals surface area contributed by atoms with Gasteiger partial charge in [-0.1, -0.05) is 115 Å². The van der Waals surface area contributed by atoms with Crippen molar-refractivity contribution in [3.8, 4) is 0 Å². The van der Waals surface area contributed by atoms with Crippen LogP contribution in [0, 0.1) is 44.8 Å². The molecule has 12 fully saturated rings. The number of ether oxygens (including phenoxy) is 18. The highest BCUT2D eigenvalue weighted by molar-refractivity contribution is 5.82. The van der Waals surface area contributed by atoms with E-state index >= 15 is 4.79 Å². The molecule has 782 valence electrons. The molecule has 1 aromatic rings. The molecule has 0 spiro atoms. The van der Waals surface area contributed by atoms with E-state index in [1.54, 1.807) is 0 Å². The maximum absolute atomic E-state index is 16.2. The van der Waals surface area contributed by atoms with Gasteiger partial charge in [0.2, 0.25) is 6.29 Å². The second kappa shape index (κ2) is 44.7. The minimum atomic E-state index is -2.22. The Balaban J connectivity index is 0.702. The van der Waals surface area contributed by atoms with Crippen LogP contribution in [0.2, 0.25) is 0 Å². The molecule has 137 heavy (non-hydrogen) atoms. The maximum Gasteiger partial charge on any atom is 0.317 e. The summed E-state index contributed by atoms with van der Waals surface area (Å²) in [5.41, 5.74) is -3.84. The van der Waals surface area contributed by atoms with Gasteiger partial charge < -0.3 is 198 Å². The van der Waals surface area contributed by atoms with E-state index in [9.17, 15) is 117 Å². The molecule has 8 aliphatic heterocycles. The molecular formula is C94H149NO42. The van der Waals surface area contributed by atoms with Crippen molar-refractivity contribution in [2.75, 3.05) is 40.1 Å². The number of nitrogens with one attached hydrogen (secondary N) is 1. The van der Waals surface area contributed by atoms with Crippen LogP contribution in [0.3, 0.4) is 0 Å². The molecule has 43 nitrogen and oxygen atoms in total. The molecule has 43 heteroatoms. The van der Waals surface area contributed by atoms with Crippen molar-refractivity contribution >= 4 is 17.8 Å². The van der Waals surface area contributed by atoms with Gasteiger partial charge in [0.15, 0.2) is 56.2 Å². The molecule has 24 unspecified atom stereocenters. The van der Waals surface area contributed by atoms with Gasteiger partial charge in [-0.25, -0.2) is 0 Å². The first-order chi connectivity index (χ1) is 64.8. The van der Waals surface area contributed by atoms with E-state index in [4.69, 9.17) is 85.3 Å². The van der Waals surface area contributed by atoms with Crippen LogP contribution in [0.25, 0.3) is 0 Å². The highest BCUT2D eigenvalue weighted by Crippen LogP contribution is 2.76. The number of fused-ring (bicyclic) bond motifs is 7. The van der Waals surface area contributed by atoms with Crippen LogP contribution in [0.15, 0.2) is 42.0 Å². The number of aliphatic hydroxyl groups is 21. The van der Waals surface area contributed by atoms with Crippen molar-refractivity contribution in [1.29, 1.82) is 0 Å². The smallest absolute Gasteiger partial charge is 0.317 e. The van der Waals surface area contributed by atoms with Crippen LogP contribution in [0.1, 0.15) is 183 Å². The lowest BCUT2D eigenvalue weighted by atomic mass is 9.34. The first-order valence-corrected chi connectivity index (χ1v) is 48.7. The monoisotopic (exact) mass is 1960 g/mol. The van der Waals surface area contributed by atoms with E-state index in [-0.39, 0.29) is 50.2 Å². The summed E-state index contributed by atoms with van der Waals surface area (Å²) in [6.45, 7) is 14.1. The molecule has 8 heterocycles. The summed E-state index contributed by atoms with van der Waals surface area (Å²) >= 11 is 0. The van der Waals surface area contributed by atoms with Crippen molar-refractivity contribution in [1.82, 2.24) is 5.32 Å². The normalized spacial score (nSPS) is 48.9. The fourth-order valence-corrected chi connectivity index (χ4v) is 24.2. The molecule has 8 saturated heterocycles. The van der Waals surface area contributed by atoms with E-state index in [0.29, 0.717) is 64.2 Å². The molecule has 5 aliphatic carbocycles. The van der Waals surface area contributed by atoms with Gasteiger partial charge in [0.1, 0.15) is 165 Å². The minimum absolute atomic E-state index is 0.0234. The molecule has 48 atom stereocenters. The summed E-state index contributed by atoms with van der Waals surface area (Å²) in [5, 5.41) is 241. The molecule has 1 aromatic carbocycles. The lowest BCUT2D eigenvalue weighted by Gasteiger charge is -2.71. The van der Waals surface area contributed by atoms with Gasteiger partial charge in [-0.05, 0) is 143 Å². The number of benzene rings is 1. The molecule has 4 saturated carbocycles. The summed E-state index contributed by atoms with van der Waals surface area (Å²) in [6, 6.07) is 9.44. The topological polar surface area (TPSA) is 654 Å². The standard InChI is InChI=1S/C94H149NO42/c1-41-56(102)62(108)67(113)82(124-41)132-74-69(115)76(79(118)95-33-21-16-14-12-11-13-15-20-24-55(101)121-38-44-22-18-17-19-23-44)134-87(78(74)136-83-68(114)63(109)60(106)49(36-96)127-83)129-54-28-29-90(6)51-26-25-45-46-34-89(4,5)31-32-94(46,53(100)35-92(45,8)91(51,7)30-27-52(90)93(54,9)120-10)88(119)137-86-77(64(110)57(103)42(2)125-86)135-84-71(117)75(72(43(3)126-84)130-80-65(111)58(104)47(98)39-122-80)133-85-70(116)73(61(107)50(37-97)128-85)131-81-66(112)59(105)48(99)40-123-81/h17-19,22-23,25,41-43,46-54,56-78,80-87,96-100,102-117H,11-16,20-21,24,26-40H2,1-10H3,(H,95,118)/t41?,42?,43?,46?,47-,48-,49?,50?,51?,52-,53+,54+,56?,57+,58+,59+,60+,61-,62?,63+,64+,65?,66?,67?,68?,69+,70?,71+,72+,73+,74+,75?,76?,77?,78?,80+,81+,82?,83+,84?,85+,86+,87-,90?,91?,92-,93?,94?/m1/s1. The molecule has 0 bridgehead atoms. The summed E-state index contributed by atoms with van der Waals surface area (Å²) in [7, 11) is 1.54. The van der Waals surface area contributed by atoms with Crippen LogP contribution >= 0.6 is 0 Å². The van der Waals surface area contributed by atoms with Crippen LogP contribution in [0.5, 0.6) is 0 Å². The zero-order chi connectivity index (χ0) is 99.4. The second-order valence-corrected chi connectivity index (χ2v) is 41.9. The van der Waals surface area contributed by atoms with E-state index < -0.39 is 323 Å². The average molecular weight is 1970 g/mol. The van der Waals surface area contributed by atoms with Gasteiger partial charge in [-0.15, -0.1) is 0 Å². The van der Waals surface area contributed by atoms with Crippen LogP contribution in [0.4, 0.5) is 0 Å². The Labute approximate surface area is 795 Å². The van der Waals surface area contributed by atoms with Crippen molar-refractivity contribution in [3.63, 3.8) is 0 Å². The Bertz CT molecular complexity index is 4110. The Morgan fingerprint density at radius 1 is 0.445 bits per heavy atom. The number of esters is 2. The highest BCUT2D eigenvalue weighted by Gasteiger charge is 2.74. The predicted molar refractivity (Wildman–Crippen MR) is 464 cm³/mol. The SMILES string of the molecule is COC1(C)[C@@H](O[C@@H]2OC(C(=O)NCCCCCCCCCCC(=O)OCc3ccccc3)[C@@H](O)[C@H](OC3OC(C)C(O)C(O)C3O)C2O[C@@H]2OC(CO)[C@H](O)[C@H](O)C2O)CCC2(C)C3CC=C4C5CC(C)(C)CCC5(C(=O)O[C@@H]5OC(C)[C@H](O)[C@H](O)C5OC5OC(C)[C@H](O[C@@H]6OC[C@@H](O)[C@H](O)C6O)C(O[C@@H]6OC(CO)[C@@H](O)[C@H](O[C@@H]7OC[C@@H](O)[C@H](O)C7O)C6O)[C@@H]5O)[C@@H](O)C[C@@]4(C)C3(C)CC[C@H]21. The zero-order valence-electron chi connectivity index (χ0n) is 79.2. The van der Waals surface area contributed by atoms with Crippen molar-refractivity contribution in [2.24, 2.45) is 44.8 Å². The van der Waals surface area contributed by atoms with E-state index in [1.807, 2.05) is 37.3 Å². The fourth-order valence-electron chi connectivity index (χ4n) is 24.2. The van der Waals surface area contributed by atoms with E-state index in [2.05, 4.69) is 46.0 Å². The van der Waals surface area contributed by atoms with E-state index in [1.165, 1.54) is 27.9 Å². The first-order valence-electron chi connectivity index (χ1n) is 48.7. The van der Waals surface area contributed by atoms with Crippen LogP contribution < -0.4 is 5.32 Å². The third-order valence-corrected chi connectivity index (χ3v) is 32.9. The number of rotatable bonds is 33. The van der Waals surface area contributed by atoms with Gasteiger partial charge in [0.25, 0.3) is 5.91 Å². The summed E-state index contributed by atoms with van der Waals surface area (Å²) in [4.78, 5) is 43.5. The van der Waals surface area contributed by atoms with Crippen molar-refractivity contribution < 1.29 is 207 Å².